The number of halogens is 2. The maximum Gasteiger partial charge on any atom is 0.348 e. The normalized spacial score (nSPS) is 20.5. The third kappa shape index (κ3) is 2.85. The molecule has 1 aromatic rings. The number of carbonyl (C=O) groups excluding carboxylic acids is 2. The van der Waals surface area contributed by atoms with Crippen LogP contribution in [-0.2, 0) is 19.1 Å². The van der Waals surface area contributed by atoms with E-state index < -0.39 is 17.7 Å². The highest BCUT2D eigenvalue weighted by Gasteiger charge is 2.46. The lowest BCUT2D eigenvalue weighted by Crippen LogP contribution is -2.47. The first-order valence-electron chi connectivity index (χ1n) is 7.13. The second-order valence-corrected chi connectivity index (χ2v) is 6.24. The maximum atomic E-state index is 12.2. The zero-order valence-corrected chi connectivity index (χ0v) is 13.2. The van der Waals surface area contributed by atoms with Crippen molar-refractivity contribution >= 4 is 41.2 Å². The molecule has 1 aliphatic heterocycles. The van der Waals surface area contributed by atoms with Crippen LogP contribution in [0.15, 0.2) is 23.8 Å². The van der Waals surface area contributed by atoms with Crippen molar-refractivity contribution in [2.75, 3.05) is 0 Å². The topological polar surface area (TPSA) is 52.6 Å². The minimum Gasteiger partial charge on any atom is -0.419 e. The Morgan fingerprint density at radius 3 is 2.27 bits per heavy atom. The summed E-state index contributed by atoms with van der Waals surface area (Å²) in [6.07, 6.45) is 5.26. The van der Waals surface area contributed by atoms with Gasteiger partial charge in [0, 0.05) is 12.8 Å². The van der Waals surface area contributed by atoms with Crippen molar-refractivity contribution in [2.24, 2.45) is 0 Å². The van der Waals surface area contributed by atoms with Crippen molar-refractivity contribution in [2.45, 2.75) is 37.9 Å². The first-order valence-corrected chi connectivity index (χ1v) is 7.89. The quantitative estimate of drug-likeness (QED) is 0.438. The summed E-state index contributed by atoms with van der Waals surface area (Å²) in [6.45, 7) is 0. The molecule has 1 saturated heterocycles. The van der Waals surface area contributed by atoms with Gasteiger partial charge in [0.1, 0.15) is 5.57 Å². The number of ether oxygens (including phenoxy) is 2. The molecule has 1 aromatic carbocycles. The lowest BCUT2D eigenvalue weighted by molar-refractivity contribution is -0.244. The molecule has 0 unspecified atom stereocenters. The number of rotatable bonds is 1. The molecule has 3 rings (SSSR count). The Morgan fingerprint density at radius 2 is 1.64 bits per heavy atom. The summed E-state index contributed by atoms with van der Waals surface area (Å²) in [5, 5.41) is 0.618. The fourth-order valence-corrected chi connectivity index (χ4v) is 3.11. The smallest absolute Gasteiger partial charge is 0.348 e. The van der Waals surface area contributed by atoms with Gasteiger partial charge in [-0.2, -0.15) is 0 Å². The van der Waals surface area contributed by atoms with Crippen LogP contribution >= 0.6 is 23.2 Å². The van der Waals surface area contributed by atoms with Gasteiger partial charge in [-0.05, 0) is 30.5 Å². The molecule has 0 atom stereocenters. The van der Waals surface area contributed by atoms with Crippen molar-refractivity contribution in [1.82, 2.24) is 0 Å². The van der Waals surface area contributed by atoms with Crippen LogP contribution in [-0.4, -0.2) is 17.7 Å². The SMILES string of the molecule is O=C1OC2(CCCCC2)OC(=O)C1=Cc1cccc(Cl)c1Cl. The lowest BCUT2D eigenvalue weighted by atomic mass is 9.93. The molecule has 22 heavy (non-hydrogen) atoms. The van der Waals surface area contributed by atoms with Crippen molar-refractivity contribution in [3.05, 3.63) is 39.4 Å². The van der Waals surface area contributed by atoms with Gasteiger partial charge in [-0.3, -0.25) is 0 Å². The summed E-state index contributed by atoms with van der Waals surface area (Å²) in [6, 6.07) is 4.97. The standard InChI is InChI=1S/C16H14Cl2O4/c17-12-6-4-5-10(13(12)18)9-11-14(19)21-16(22-15(11)20)7-2-1-3-8-16/h4-6,9H,1-3,7-8H2. The van der Waals surface area contributed by atoms with Crippen molar-refractivity contribution in [3.63, 3.8) is 0 Å². The van der Waals surface area contributed by atoms with Crippen LogP contribution in [0.4, 0.5) is 0 Å². The number of carbonyl (C=O) groups is 2. The van der Waals surface area contributed by atoms with E-state index in [2.05, 4.69) is 0 Å². The summed E-state index contributed by atoms with van der Waals surface area (Å²) < 4.78 is 10.8. The average molecular weight is 341 g/mol. The Kier molecular flexibility index (Phi) is 4.15. The third-order valence-corrected chi connectivity index (χ3v) is 4.73. The highest BCUT2D eigenvalue weighted by molar-refractivity contribution is 6.43. The average Bonchev–Trinajstić information content (AvgIpc) is 2.48. The molecule has 0 radical (unpaired) electrons. The van der Waals surface area contributed by atoms with E-state index in [-0.39, 0.29) is 10.6 Å². The molecule has 1 saturated carbocycles. The number of benzene rings is 1. The Labute approximate surface area is 138 Å². The second kappa shape index (κ2) is 5.94. The van der Waals surface area contributed by atoms with E-state index in [0.29, 0.717) is 23.4 Å². The predicted octanol–water partition coefficient (Wildman–Crippen LogP) is 4.14. The maximum absolute atomic E-state index is 12.2. The third-order valence-electron chi connectivity index (χ3n) is 3.89. The monoisotopic (exact) mass is 340 g/mol. The molecule has 2 fully saturated rings. The summed E-state index contributed by atoms with van der Waals surface area (Å²) >= 11 is 12.0. The summed E-state index contributed by atoms with van der Waals surface area (Å²) in [5.74, 6) is -2.43. The summed E-state index contributed by atoms with van der Waals surface area (Å²) in [7, 11) is 0. The summed E-state index contributed by atoms with van der Waals surface area (Å²) in [4.78, 5) is 24.4. The minimum absolute atomic E-state index is 0.166. The first kappa shape index (κ1) is 15.4. The van der Waals surface area contributed by atoms with E-state index in [9.17, 15) is 9.59 Å². The van der Waals surface area contributed by atoms with Gasteiger partial charge in [-0.15, -0.1) is 0 Å². The molecule has 0 bridgehead atoms. The molecule has 116 valence electrons. The minimum atomic E-state index is -1.08. The van der Waals surface area contributed by atoms with Gasteiger partial charge in [-0.25, -0.2) is 9.59 Å². The van der Waals surface area contributed by atoms with E-state index in [0.717, 1.165) is 19.3 Å². The molecule has 1 heterocycles. The molecule has 6 heteroatoms. The van der Waals surface area contributed by atoms with Crippen LogP contribution in [0.1, 0.15) is 37.7 Å². The van der Waals surface area contributed by atoms with Crippen LogP contribution in [0.3, 0.4) is 0 Å². The largest absolute Gasteiger partial charge is 0.419 e. The Balaban J connectivity index is 1.90. The van der Waals surface area contributed by atoms with E-state index >= 15 is 0 Å². The van der Waals surface area contributed by atoms with Gasteiger partial charge in [0.15, 0.2) is 0 Å². The fourth-order valence-electron chi connectivity index (χ4n) is 2.75. The van der Waals surface area contributed by atoms with Crippen molar-refractivity contribution in [3.8, 4) is 0 Å². The molecule has 4 nitrogen and oxygen atoms in total. The van der Waals surface area contributed by atoms with Gasteiger partial charge < -0.3 is 9.47 Å². The highest BCUT2D eigenvalue weighted by Crippen LogP contribution is 2.37. The molecule has 0 aromatic heterocycles. The highest BCUT2D eigenvalue weighted by atomic mass is 35.5. The van der Waals surface area contributed by atoms with Gasteiger partial charge in [-0.1, -0.05) is 41.8 Å². The molecular weight excluding hydrogens is 327 g/mol. The Hall–Kier alpha value is -1.52. The molecule has 2 aliphatic rings. The zero-order chi connectivity index (χ0) is 15.7. The number of esters is 2. The van der Waals surface area contributed by atoms with Crippen LogP contribution in [0.2, 0.25) is 10.0 Å². The fraction of sp³-hybridized carbons (Fsp3) is 0.375. The first-order chi connectivity index (χ1) is 10.5. The van der Waals surface area contributed by atoms with Crippen LogP contribution < -0.4 is 0 Å². The lowest BCUT2D eigenvalue weighted by Gasteiger charge is -2.38. The number of hydrogen-bond acceptors (Lipinski definition) is 4. The van der Waals surface area contributed by atoms with Crippen LogP contribution in [0, 0.1) is 0 Å². The molecule has 1 spiro atoms. The second-order valence-electron chi connectivity index (χ2n) is 5.45. The van der Waals surface area contributed by atoms with Gasteiger partial charge >= 0.3 is 11.9 Å². The van der Waals surface area contributed by atoms with Gasteiger partial charge in [0.2, 0.25) is 0 Å². The van der Waals surface area contributed by atoms with E-state index in [1.807, 2.05) is 0 Å². The number of hydrogen-bond donors (Lipinski definition) is 0. The predicted molar refractivity (Wildman–Crippen MR) is 82.4 cm³/mol. The zero-order valence-electron chi connectivity index (χ0n) is 11.7. The van der Waals surface area contributed by atoms with E-state index in [4.69, 9.17) is 32.7 Å². The Morgan fingerprint density at radius 1 is 1.00 bits per heavy atom. The molecule has 1 aliphatic carbocycles. The Bertz CT molecular complexity index is 638. The van der Waals surface area contributed by atoms with Gasteiger partial charge in [0.25, 0.3) is 5.79 Å². The molecule has 0 N–H and O–H groups in total. The van der Waals surface area contributed by atoms with Crippen LogP contribution in [0.25, 0.3) is 6.08 Å². The van der Waals surface area contributed by atoms with Gasteiger partial charge in [0.05, 0.1) is 10.0 Å². The van der Waals surface area contributed by atoms with Crippen molar-refractivity contribution in [1.29, 1.82) is 0 Å². The summed E-state index contributed by atoms with van der Waals surface area (Å²) in [5.41, 5.74) is 0.304. The van der Waals surface area contributed by atoms with Crippen LogP contribution in [0.5, 0.6) is 0 Å². The molecular formula is C16H14Cl2O4. The molecule has 0 amide bonds. The van der Waals surface area contributed by atoms with E-state index in [1.54, 1.807) is 18.2 Å². The van der Waals surface area contributed by atoms with Crippen molar-refractivity contribution < 1.29 is 19.1 Å². The van der Waals surface area contributed by atoms with E-state index in [1.165, 1.54) is 6.08 Å².